The van der Waals surface area contributed by atoms with Crippen LogP contribution in [0.15, 0.2) is 48.9 Å². The molecule has 0 bridgehead atoms. The lowest BCUT2D eigenvalue weighted by Crippen LogP contribution is -2.67. The molecular formula is C25H33BN5O5-. The van der Waals surface area contributed by atoms with Gasteiger partial charge in [0, 0.05) is 25.4 Å². The number of nitrogens with one attached hydrogen (secondary N) is 2. The van der Waals surface area contributed by atoms with E-state index < -0.39 is 36.5 Å². The van der Waals surface area contributed by atoms with E-state index in [0.717, 1.165) is 5.56 Å². The van der Waals surface area contributed by atoms with Crippen LogP contribution in [0.3, 0.4) is 0 Å². The Kier molecular flexibility index (Phi) is 7.70. The highest BCUT2D eigenvalue weighted by molar-refractivity contribution is 6.70. The standard InChI is InChI=1S/C25H33BN5O5/c1-16(2)12-22(26-31(17(3)15-35-26)18(4)25(34)36-26)30-23(32)20(13-19-8-6-5-7-9-19)29-24(33)21-14-27-10-11-28-21/h5-11,14,16-18,20,22H,12-13,15H2,1-4H3,(H,29,33)(H,30,32)/q-1/t17-,18-,20+,22+,26?/m1/s1. The van der Waals surface area contributed by atoms with Gasteiger partial charge in [-0.25, -0.2) is 4.98 Å². The molecule has 2 aromatic rings. The summed E-state index contributed by atoms with van der Waals surface area (Å²) in [5, 5.41) is 5.89. The first-order chi connectivity index (χ1) is 17.2. The molecule has 3 heterocycles. The Bertz CT molecular complexity index is 1090. The van der Waals surface area contributed by atoms with Crippen LogP contribution >= 0.6 is 0 Å². The van der Waals surface area contributed by atoms with Gasteiger partial charge in [0.15, 0.2) is 0 Å². The molecule has 4 rings (SSSR count). The van der Waals surface area contributed by atoms with Crippen LogP contribution in [0.2, 0.25) is 0 Å². The Morgan fingerprint density at radius 3 is 2.58 bits per heavy atom. The van der Waals surface area contributed by atoms with Crippen molar-refractivity contribution in [3.05, 3.63) is 60.2 Å². The molecule has 0 radical (unpaired) electrons. The first-order valence-corrected chi connectivity index (χ1v) is 12.4. The van der Waals surface area contributed by atoms with Crippen LogP contribution in [0.1, 0.15) is 50.2 Å². The highest BCUT2D eigenvalue weighted by atomic mass is 16.7. The SMILES string of the molecule is CC(C)C[C@H](NC(=O)[C@H](Cc1ccccc1)NC(=O)c1cnccn1)[B-]12OC[C@@H](C)N1[C@H](C)C(=O)O2. The average molecular weight is 494 g/mol. The lowest BCUT2D eigenvalue weighted by atomic mass is 9.59. The van der Waals surface area contributed by atoms with Crippen LogP contribution in [-0.2, 0) is 25.3 Å². The summed E-state index contributed by atoms with van der Waals surface area (Å²) >= 11 is 0. The van der Waals surface area contributed by atoms with Gasteiger partial charge < -0.3 is 24.8 Å². The third kappa shape index (κ3) is 5.27. The molecule has 5 atom stereocenters. The number of amides is 2. The Balaban J connectivity index is 1.60. The van der Waals surface area contributed by atoms with Crippen LogP contribution in [0.25, 0.3) is 0 Å². The van der Waals surface area contributed by atoms with E-state index in [0.29, 0.717) is 13.0 Å². The lowest BCUT2D eigenvalue weighted by Gasteiger charge is -2.45. The third-order valence-corrected chi connectivity index (χ3v) is 6.84. The Morgan fingerprint density at radius 1 is 1.17 bits per heavy atom. The monoisotopic (exact) mass is 494 g/mol. The molecule has 2 amide bonds. The maximum atomic E-state index is 13.7. The second kappa shape index (κ2) is 10.8. The van der Waals surface area contributed by atoms with E-state index >= 15 is 0 Å². The largest absolute Gasteiger partial charge is 0.651 e. The van der Waals surface area contributed by atoms with E-state index in [1.165, 1.54) is 18.6 Å². The number of aromatic nitrogens is 2. The summed E-state index contributed by atoms with van der Waals surface area (Å²) < 4.78 is 12.0. The number of rotatable bonds is 9. The zero-order valence-corrected chi connectivity index (χ0v) is 21.1. The van der Waals surface area contributed by atoms with Crippen LogP contribution in [0, 0.1) is 5.92 Å². The van der Waals surface area contributed by atoms with Gasteiger partial charge in [-0.05, 0) is 30.4 Å². The van der Waals surface area contributed by atoms with E-state index in [4.69, 9.17) is 9.31 Å². The number of hydrogen-bond acceptors (Lipinski definition) is 8. The smallest absolute Gasteiger partial charge is 0.396 e. The second-order valence-electron chi connectivity index (χ2n) is 10.0. The van der Waals surface area contributed by atoms with Crippen LogP contribution in [0.4, 0.5) is 0 Å². The van der Waals surface area contributed by atoms with Crippen molar-refractivity contribution in [3.8, 4) is 0 Å². The molecule has 2 aliphatic rings. The fourth-order valence-electron chi connectivity index (χ4n) is 5.22. The normalized spacial score (nSPS) is 25.2. The second-order valence-corrected chi connectivity index (χ2v) is 10.0. The van der Waals surface area contributed by atoms with Gasteiger partial charge in [-0.3, -0.25) is 19.4 Å². The predicted octanol–water partition coefficient (Wildman–Crippen LogP) is 1.49. The molecule has 1 unspecified atom stereocenters. The van der Waals surface area contributed by atoms with Crippen molar-refractivity contribution < 1.29 is 23.7 Å². The number of fused-ring (bicyclic) bond motifs is 1. The van der Waals surface area contributed by atoms with Crippen molar-refractivity contribution in [1.29, 1.82) is 0 Å². The average Bonchev–Trinajstić information content (AvgIpc) is 3.33. The summed E-state index contributed by atoms with van der Waals surface area (Å²) in [5.41, 5.74) is 0.997. The summed E-state index contributed by atoms with van der Waals surface area (Å²) in [6.45, 7) is 6.01. The zero-order valence-electron chi connectivity index (χ0n) is 21.1. The van der Waals surface area contributed by atoms with Gasteiger partial charge in [0.1, 0.15) is 11.7 Å². The van der Waals surface area contributed by atoms with Gasteiger partial charge in [0.2, 0.25) is 5.91 Å². The van der Waals surface area contributed by atoms with Crippen LogP contribution in [0.5, 0.6) is 0 Å². The number of carbonyl (C=O) groups excluding carboxylic acids is 3. The van der Waals surface area contributed by atoms with Gasteiger partial charge in [0.05, 0.1) is 12.2 Å². The first-order valence-electron chi connectivity index (χ1n) is 12.4. The molecule has 11 heteroatoms. The van der Waals surface area contributed by atoms with Gasteiger partial charge in [-0.1, -0.05) is 57.5 Å². The summed E-state index contributed by atoms with van der Waals surface area (Å²) in [6, 6.07) is 8.04. The molecule has 36 heavy (non-hydrogen) atoms. The molecular weight excluding hydrogens is 461 g/mol. The van der Waals surface area contributed by atoms with E-state index in [1.54, 1.807) is 6.92 Å². The van der Waals surface area contributed by atoms with E-state index in [9.17, 15) is 14.4 Å². The van der Waals surface area contributed by atoms with E-state index in [2.05, 4.69) is 20.6 Å². The van der Waals surface area contributed by atoms with Gasteiger partial charge >= 0.3 is 6.69 Å². The molecule has 2 fully saturated rings. The molecule has 2 N–H and O–H groups in total. The Labute approximate surface area is 211 Å². The van der Waals surface area contributed by atoms with Gasteiger partial charge in [-0.15, -0.1) is 0 Å². The van der Waals surface area contributed by atoms with Crippen molar-refractivity contribution in [2.24, 2.45) is 5.92 Å². The van der Waals surface area contributed by atoms with Crippen molar-refractivity contribution >= 4 is 24.5 Å². The van der Waals surface area contributed by atoms with Crippen molar-refractivity contribution in [2.75, 3.05) is 6.61 Å². The third-order valence-electron chi connectivity index (χ3n) is 6.84. The maximum absolute atomic E-state index is 13.7. The van der Waals surface area contributed by atoms with E-state index in [1.807, 2.05) is 55.9 Å². The number of carbonyl (C=O) groups is 3. The molecule has 2 saturated heterocycles. The zero-order chi connectivity index (χ0) is 25.9. The highest BCUT2D eigenvalue weighted by Crippen LogP contribution is 2.37. The predicted molar refractivity (Wildman–Crippen MR) is 133 cm³/mol. The van der Waals surface area contributed by atoms with Gasteiger partial charge in [-0.2, -0.15) is 0 Å². The molecule has 1 aromatic heterocycles. The quantitative estimate of drug-likeness (QED) is 0.503. The molecule has 0 spiro atoms. The summed E-state index contributed by atoms with van der Waals surface area (Å²) in [7, 11) is 0. The number of nitrogens with zero attached hydrogens (tertiary/aromatic N) is 3. The minimum absolute atomic E-state index is 0.0329. The summed E-state index contributed by atoms with van der Waals surface area (Å²) in [6.07, 6.45) is 5.04. The Morgan fingerprint density at radius 2 is 1.92 bits per heavy atom. The van der Waals surface area contributed by atoms with Crippen molar-refractivity contribution in [1.82, 2.24) is 25.4 Å². The summed E-state index contributed by atoms with van der Waals surface area (Å²) in [5.74, 6) is -1.65. The van der Waals surface area contributed by atoms with Crippen LogP contribution in [-0.4, -0.2) is 69.9 Å². The first kappa shape index (κ1) is 25.8. The van der Waals surface area contributed by atoms with Gasteiger partial charge in [0.25, 0.3) is 11.9 Å². The molecule has 2 aliphatic heterocycles. The minimum Gasteiger partial charge on any atom is -0.651 e. The lowest BCUT2D eigenvalue weighted by molar-refractivity contribution is -0.136. The molecule has 0 saturated carbocycles. The molecule has 192 valence electrons. The maximum Gasteiger partial charge on any atom is 0.396 e. The number of hydrogen-bond donors (Lipinski definition) is 2. The molecule has 1 aromatic carbocycles. The summed E-state index contributed by atoms with van der Waals surface area (Å²) in [4.78, 5) is 49.1. The fourth-order valence-corrected chi connectivity index (χ4v) is 5.22. The van der Waals surface area contributed by atoms with Crippen molar-refractivity contribution in [2.45, 2.75) is 64.6 Å². The van der Waals surface area contributed by atoms with E-state index in [-0.39, 0.29) is 30.0 Å². The van der Waals surface area contributed by atoms with Crippen molar-refractivity contribution in [3.63, 3.8) is 0 Å². The minimum atomic E-state index is -2.23. The Hall–Kier alpha value is -3.31. The molecule has 10 nitrogen and oxygen atoms in total. The fraction of sp³-hybridized carbons (Fsp3) is 0.480. The topological polar surface area (TPSA) is 123 Å². The van der Waals surface area contributed by atoms with Crippen LogP contribution < -0.4 is 10.6 Å². The highest BCUT2D eigenvalue weighted by Gasteiger charge is 2.58. The number of benzene rings is 1. The molecule has 0 aliphatic carbocycles.